The Kier molecular flexibility index (Phi) is 6.30. The van der Waals surface area contributed by atoms with E-state index in [4.69, 9.17) is 9.47 Å². The van der Waals surface area contributed by atoms with Crippen LogP contribution in [0.15, 0.2) is 12.1 Å². The van der Waals surface area contributed by atoms with Crippen molar-refractivity contribution in [2.75, 3.05) is 18.5 Å². The number of nitrogens with one attached hydrogen (secondary N) is 1. The normalized spacial score (nSPS) is 16.1. The number of nitrogens with zero attached hydrogens (tertiary/aromatic N) is 1. The third-order valence-corrected chi connectivity index (χ3v) is 5.55. The van der Waals surface area contributed by atoms with E-state index in [0.29, 0.717) is 11.3 Å². The van der Waals surface area contributed by atoms with Crippen molar-refractivity contribution in [1.82, 2.24) is 4.98 Å². The van der Waals surface area contributed by atoms with Gasteiger partial charge in [0.15, 0.2) is 5.69 Å². The van der Waals surface area contributed by atoms with Gasteiger partial charge in [0.25, 0.3) is 0 Å². The molecule has 31 heavy (non-hydrogen) atoms. The quantitative estimate of drug-likeness (QED) is 0.633. The zero-order chi connectivity index (χ0) is 23.0. The van der Waals surface area contributed by atoms with Crippen LogP contribution in [0.3, 0.4) is 0 Å². The van der Waals surface area contributed by atoms with Gasteiger partial charge in [-0.15, -0.1) is 0 Å². The molecule has 3 rings (SSSR count). The molecule has 1 amide bonds. The van der Waals surface area contributed by atoms with Gasteiger partial charge in [-0.2, -0.15) is 0 Å². The van der Waals surface area contributed by atoms with Crippen molar-refractivity contribution in [3.8, 4) is 10.6 Å². The number of carbonyl (C=O) groups excluding carboxylic acids is 1. The number of aliphatic hydroxyl groups is 1. The van der Waals surface area contributed by atoms with E-state index in [1.54, 1.807) is 20.8 Å². The van der Waals surface area contributed by atoms with Crippen molar-refractivity contribution in [2.24, 2.45) is 0 Å². The number of carbonyl (C=O) groups is 2. The standard InChI is InChI=1S/C20H22F2N2O6S/c1-19(2,3)30-18(27)24-16-14(17(25)26)23-15(31-16)13-11(21)8-10(9-12(13)22)20(28)4-6-29-7-5-20/h8-9,28H,4-7H2,1-3H3,(H,24,27)(H,25,26). The lowest BCUT2D eigenvalue weighted by molar-refractivity contribution is -0.0682. The Balaban J connectivity index is 1.97. The highest BCUT2D eigenvalue weighted by Crippen LogP contribution is 2.39. The van der Waals surface area contributed by atoms with Gasteiger partial charge in [-0.05, 0) is 38.5 Å². The summed E-state index contributed by atoms with van der Waals surface area (Å²) in [4.78, 5) is 27.3. The lowest BCUT2D eigenvalue weighted by Crippen LogP contribution is -2.33. The number of aromatic carboxylic acids is 1. The summed E-state index contributed by atoms with van der Waals surface area (Å²) in [6, 6.07) is 2.01. The average molecular weight is 456 g/mol. The van der Waals surface area contributed by atoms with Crippen molar-refractivity contribution >= 4 is 28.4 Å². The van der Waals surface area contributed by atoms with Crippen molar-refractivity contribution in [3.63, 3.8) is 0 Å². The first kappa shape index (κ1) is 23.0. The Morgan fingerprint density at radius 2 is 1.81 bits per heavy atom. The summed E-state index contributed by atoms with van der Waals surface area (Å²) in [6.07, 6.45) is -0.547. The maximum absolute atomic E-state index is 14.9. The molecule has 2 heterocycles. The second-order valence-corrected chi connectivity index (χ2v) is 9.09. The van der Waals surface area contributed by atoms with Crippen LogP contribution < -0.4 is 5.32 Å². The number of hydrogen-bond acceptors (Lipinski definition) is 7. The predicted molar refractivity (Wildman–Crippen MR) is 108 cm³/mol. The summed E-state index contributed by atoms with van der Waals surface area (Å²) >= 11 is 0.598. The van der Waals surface area contributed by atoms with E-state index in [9.17, 15) is 28.6 Å². The third-order valence-electron chi connectivity index (χ3n) is 4.56. The van der Waals surface area contributed by atoms with Crippen LogP contribution in [0.4, 0.5) is 18.6 Å². The number of amides is 1. The first-order valence-electron chi connectivity index (χ1n) is 9.44. The minimum absolute atomic E-state index is 0.0664. The summed E-state index contributed by atoms with van der Waals surface area (Å²) < 4.78 is 40.0. The van der Waals surface area contributed by atoms with E-state index < -0.39 is 46.2 Å². The number of carboxylic acid groups (broad SMARTS) is 1. The molecule has 1 aliphatic heterocycles. The summed E-state index contributed by atoms with van der Waals surface area (Å²) in [6.45, 7) is 5.40. The van der Waals surface area contributed by atoms with Crippen molar-refractivity contribution in [3.05, 3.63) is 35.0 Å². The van der Waals surface area contributed by atoms with Crippen molar-refractivity contribution in [1.29, 1.82) is 0 Å². The highest BCUT2D eigenvalue weighted by atomic mass is 32.1. The van der Waals surface area contributed by atoms with Gasteiger partial charge in [0.2, 0.25) is 0 Å². The summed E-state index contributed by atoms with van der Waals surface area (Å²) in [5.74, 6) is -3.50. The number of anilines is 1. The number of rotatable bonds is 4. The number of ether oxygens (including phenoxy) is 2. The van der Waals surface area contributed by atoms with Crippen LogP contribution in [-0.2, 0) is 15.1 Å². The number of aromatic nitrogens is 1. The first-order chi connectivity index (χ1) is 14.4. The van der Waals surface area contributed by atoms with Gasteiger partial charge in [0.05, 0.1) is 11.2 Å². The van der Waals surface area contributed by atoms with Gasteiger partial charge in [-0.1, -0.05) is 11.3 Å². The molecule has 0 spiro atoms. The largest absolute Gasteiger partial charge is 0.476 e. The molecule has 1 fully saturated rings. The fourth-order valence-electron chi connectivity index (χ4n) is 3.10. The van der Waals surface area contributed by atoms with Crippen molar-refractivity contribution < 1.29 is 38.1 Å². The minimum Gasteiger partial charge on any atom is -0.476 e. The molecular formula is C20H22F2N2O6S. The van der Waals surface area contributed by atoms with Gasteiger partial charge in [0.1, 0.15) is 27.2 Å². The lowest BCUT2D eigenvalue weighted by Gasteiger charge is -2.32. The molecule has 11 heteroatoms. The second kappa shape index (κ2) is 8.48. The first-order valence-corrected chi connectivity index (χ1v) is 10.3. The average Bonchev–Trinajstić information content (AvgIpc) is 3.03. The van der Waals surface area contributed by atoms with Crippen LogP contribution in [0.25, 0.3) is 10.6 Å². The Bertz CT molecular complexity index is 989. The third kappa shape index (κ3) is 5.17. The SMILES string of the molecule is CC(C)(C)OC(=O)Nc1sc(-c2c(F)cc(C3(O)CCOCC3)cc2F)nc1C(=O)O. The van der Waals surface area contributed by atoms with Crippen LogP contribution in [0, 0.1) is 11.6 Å². The van der Waals surface area contributed by atoms with Gasteiger partial charge in [-0.25, -0.2) is 23.4 Å². The number of benzene rings is 1. The molecule has 2 aromatic rings. The monoisotopic (exact) mass is 456 g/mol. The van der Waals surface area contributed by atoms with E-state index >= 15 is 0 Å². The highest BCUT2D eigenvalue weighted by molar-refractivity contribution is 7.19. The molecule has 1 saturated heterocycles. The second-order valence-electron chi connectivity index (χ2n) is 8.09. The fraction of sp³-hybridized carbons (Fsp3) is 0.450. The zero-order valence-corrected chi connectivity index (χ0v) is 17.9. The smallest absolute Gasteiger partial charge is 0.412 e. The fourth-order valence-corrected chi connectivity index (χ4v) is 4.09. The Labute approximate surface area is 180 Å². The van der Waals surface area contributed by atoms with Crippen LogP contribution in [0.2, 0.25) is 0 Å². The van der Waals surface area contributed by atoms with Crippen LogP contribution in [0.1, 0.15) is 49.7 Å². The summed E-state index contributed by atoms with van der Waals surface area (Å²) in [5.41, 5.74) is -3.31. The molecule has 0 saturated carbocycles. The Hall–Kier alpha value is -2.63. The molecule has 3 N–H and O–H groups in total. The highest BCUT2D eigenvalue weighted by Gasteiger charge is 2.34. The zero-order valence-electron chi connectivity index (χ0n) is 17.1. The molecule has 0 bridgehead atoms. The predicted octanol–water partition coefficient (Wildman–Crippen LogP) is 4.13. The summed E-state index contributed by atoms with van der Waals surface area (Å²) in [7, 11) is 0. The van der Waals surface area contributed by atoms with Gasteiger partial charge in [-0.3, -0.25) is 5.32 Å². The Morgan fingerprint density at radius 1 is 1.23 bits per heavy atom. The van der Waals surface area contributed by atoms with Gasteiger partial charge in [0, 0.05) is 26.1 Å². The minimum atomic E-state index is -1.48. The molecule has 0 aliphatic carbocycles. The molecule has 8 nitrogen and oxygen atoms in total. The molecule has 0 radical (unpaired) electrons. The Morgan fingerprint density at radius 3 is 2.32 bits per heavy atom. The van der Waals surface area contributed by atoms with E-state index in [0.717, 1.165) is 12.1 Å². The molecule has 0 atom stereocenters. The number of carboxylic acids is 1. The molecule has 1 aromatic carbocycles. The van der Waals surface area contributed by atoms with Crippen molar-refractivity contribution in [2.45, 2.75) is 44.8 Å². The molecule has 168 valence electrons. The topological polar surface area (TPSA) is 118 Å². The van der Waals surface area contributed by atoms with E-state index in [1.165, 1.54) is 0 Å². The van der Waals surface area contributed by atoms with Gasteiger partial charge < -0.3 is 19.7 Å². The van der Waals surface area contributed by atoms with Crippen LogP contribution >= 0.6 is 11.3 Å². The number of hydrogen-bond donors (Lipinski definition) is 3. The summed E-state index contributed by atoms with van der Waals surface area (Å²) in [5, 5.41) is 21.8. The lowest BCUT2D eigenvalue weighted by atomic mass is 9.86. The molecule has 1 aliphatic rings. The van der Waals surface area contributed by atoms with E-state index in [-0.39, 0.29) is 41.6 Å². The molecular weight excluding hydrogens is 434 g/mol. The van der Waals surface area contributed by atoms with Crippen LogP contribution in [0.5, 0.6) is 0 Å². The molecule has 1 aromatic heterocycles. The maximum Gasteiger partial charge on any atom is 0.412 e. The molecule has 0 unspecified atom stereocenters. The van der Waals surface area contributed by atoms with E-state index in [2.05, 4.69) is 10.3 Å². The number of halogens is 2. The maximum atomic E-state index is 14.9. The van der Waals surface area contributed by atoms with Gasteiger partial charge >= 0.3 is 12.1 Å². The number of thiazole rings is 1. The van der Waals surface area contributed by atoms with E-state index in [1.807, 2.05) is 0 Å². The van der Waals surface area contributed by atoms with Crippen LogP contribution in [-0.4, -0.2) is 46.1 Å².